The highest BCUT2D eigenvalue weighted by atomic mass is 16.2. The van der Waals surface area contributed by atoms with Gasteiger partial charge in [0.15, 0.2) is 0 Å². The van der Waals surface area contributed by atoms with Gasteiger partial charge in [-0.05, 0) is 23.6 Å². The zero-order chi connectivity index (χ0) is 18.7. The Hall–Kier alpha value is -2.70. The highest BCUT2D eigenvalue weighted by Gasteiger charge is 2.34. The van der Waals surface area contributed by atoms with E-state index in [1.807, 2.05) is 35.9 Å². The summed E-state index contributed by atoms with van der Waals surface area (Å²) in [7, 11) is 1.87. The van der Waals surface area contributed by atoms with Gasteiger partial charge in [-0.3, -0.25) is 9.59 Å². The summed E-state index contributed by atoms with van der Waals surface area (Å²) in [4.78, 5) is 26.4. The predicted molar refractivity (Wildman–Crippen MR) is 98.7 cm³/mol. The first-order valence-corrected chi connectivity index (χ1v) is 8.96. The molecule has 138 valence electrons. The highest BCUT2D eigenvalue weighted by Crippen LogP contribution is 2.26. The van der Waals surface area contributed by atoms with Crippen LogP contribution in [-0.2, 0) is 23.1 Å². The first kappa shape index (κ1) is 18.1. The van der Waals surface area contributed by atoms with E-state index in [1.54, 1.807) is 11.2 Å². The smallest absolute Gasteiger partial charge is 0.227 e. The van der Waals surface area contributed by atoms with Crippen molar-refractivity contribution in [3.8, 4) is 0 Å². The average molecular weight is 355 g/mol. The van der Waals surface area contributed by atoms with Crippen molar-refractivity contribution < 1.29 is 9.59 Å². The Kier molecular flexibility index (Phi) is 5.35. The minimum Gasteiger partial charge on any atom is -0.355 e. The largest absolute Gasteiger partial charge is 0.355 e. The zero-order valence-corrected chi connectivity index (χ0v) is 15.5. The fraction of sp³-hybridized carbons (Fsp3) is 0.474. The lowest BCUT2D eigenvalue weighted by molar-refractivity contribution is -0.126. The minimum absolute atomic E-state index is 0.00394. The van der Waals surface area contributed by atoms with Crippen LogP contribution in [0.2, 0.25) is 0 Å². The third-order valence-electron chi connectivity index (χ3n) is 4.82. The second-order valence-corrected chi connectivity index (χ2v) is 7.05. The molecular formula is C19H25N5O2. The normalized spacial score (nSPS) is 17.2. The molecule has 7 nitrogen and oxygen atoms in total. The van der Waals surface area contributed by atoms with Gasteiger partial charge >= 0.3 is 0 Å². The van der Waals surface area contributed by atoms with Crippen LogP contribution < -0.4 is 10.2 Å². The fourth-order valence-corrected chi connectivity index (χ4v) is 3.15. The molecule has 0 aliphatic carbocycles. The Morgan fingerprint density at radius 3 is 2.65 bits per heavy atom. The zero-order valence-electron chi connectivity index (χ0n) is 15.5. The molecule has 0 spiro atoms. The van der Waals surface area contributed by atoms with Gasteiger partial charge in [-0.15, -0.1) is 10.2 Å². The number of nitrogens with zero attached hydrogens (tertiary/aromatic N) is 4. The van der Waals surface area contributed by atoms with E-state index in [-0.39, 0.29) is 24.2 Å². The van der Waals surface area contributed by atoms with Crippen LogP contribution in [0.15, 0.2) is 30.6 Å². The van der Waals surface area contributed by atoms with Crippen molar-refractivity contribution in [2.24, 2.45) is 13.0 Å². The van der Waals surface area contributed by atoms with Crippen LogP contribution in [0.4, 0.5) is 5.69 Å². The summed E-state index contributed by atoms with van der Waals surface area (Å²) in [6, 6.07) is 8.01. The summed E-state index contributed by atoms with van der Waals surface area (Å²) in [6.45, 7) is 5.18. The molecule has 0 saturated carbocycles. The van der Waals surface area contributed by atoms with E-state index in [0.29, 0.717) is 25.4 Å². The quantitative estimate of drug-likeness (QED) is 0.854. The van der Waals surface area contributed by atoms with Crippen molar-refractivity contribution in [2.45, 2.75) is 32.6 Å². The number of aryl methyl sites for hydroxylation is 1. The third-order valence-corrected chi connectivity index (χ3v) is 4.82. The molecule has 1 aliphatic rings. The van der Waals surface area contributed by atoms with Gasteiger partial charge in [-0.2, -0.15) is 0 Å². The second kappa shape index (κ2) is 7.68. The molecule has 2 heterocycles. The number of hydrogen-bond donors (Lipinski definition) is 1. The summed E-state index contributed by atoms with van der Waals surface area (Å²) >= 11 is 0. The Morgan fingerprint density at radius 1 is 1.31 bits per heavy atom. The van der Waals surface area contributed by atoms with Crippen LogP contribution in [0, 0.1) is 5.92 Å². The average Bonchev–Trinajstić information content (AvgIpc) is 3.21. The highest BCUT2D eigenvalue weighted by molar-refractivity contribution is 6.00. The molecule has 1 saturated heterocycles. The molecule has 7 heteroatoms. The maximum atomic E-state index is 12.4. The Morgan fingerprint density at radius 2 is 2.04 bits per heavy atom. The van der Waals surface area contributed by atoms with Crippen molar-refractivity contribution in [3.05, 3.63) is 42.0 Å². The lowest BCUT2D eigenvalue weighted by Crippen LogP contribution is -2.34. The molecule has 0 radical (unpaired) electrons. The molecule has 1 atom stereocenters. The molecule has 1 aliphatic heterocycles. The van der Waals surface area contributed by atoms with Gasteiger partial charge in [-0.25, -0.2) is 0 Å². The van der Waals surface area contributed by atoms with Gasteiger partial charge in [-0.1, -0.05) is 26.0 Å². The lowest BCUT2D eigenvalue weighted by atomic mass is 10.0. The van der Waals surface area contributed by atoms with E-state index in [1.165, 1.54) is 5.56 Å². The Labute approximate surface area is 153 Å². The van der Waals surface area contributed by atoms with E-state index >= 15 is 0 Å². The van der Waals surface area contributed by atoms with Crippen LogP contribution in [0.1, 0.15) is 37.6 Å². The molecule has 1 aromatic carbocycles. The van der Waals surface area contributed by atoms with E-state index in [4.69, 9.17) is 0 Å². The van der Waals surface area contributed by atoms with E-state index in [0.717, 1.165) is 11.5 Å². The predicted octanol–water partition coefficient (Wildman–Crippen LogP) is 1.65. The maximum Gasteiger partial charge on any atom is 0.227 e. The molecule has 3 rings (SSSR count). The summed E-state index contributed by atoms with van der Waals surface area (Å²) in [5, 5.41) is 10.7. The Balaban J connectivity index is 1.55. The van der Waals surface area contributed by atoms with Gasteiger partial charge in [0, 0.05) is 38.7 Å². The number of nitrogens with one attached hydrogen (secondary N) is 1. The van der Waals surface area contributed by atoms with E-state index in [2.05, 4.69) is 29.4 Å². The molecule has 1 N–H and O–H groups in total. The fourth-order valence-electron chi connectivity index (χ4n) is 3.15. The first-order valence-electron chi connectivity index (χ1n) is 8.96. The number of rotatable bonds is 6. The first-order chi connectivity index (χ1) is 12.5. The number of carbonyl (C=O) groups is 2. The number of carbonyl (C=O) groups excluding carboxylic acids is 2. The van der Waals surface area contributed by atoms with Crippen LogP contribution in [0.3, 0.4) is 0 Å². The van der Waals surface area contributed by atoms with Crippen LogP contribution >= 0.6 is 0 Å². The Bertz CT molecular complexity index is 781. The van der Waals surface area contributed by atoms with Crippen molar-refractivity contribution in [1.82, 2.24) is 20.1 Å². The third kappa shape index (κ3) is 3.92. The SMILES string of the molecule is CC(C)c1ccc(N2CC(C(=O)NCCc3nncn3C)CC2=O)cc1. The number of benzene rings is 1. The van der Waals surface area contributed by atoms with E-state index in [9.17, 15) is 9.59 Å². The van der Waals surface area contributed by atoms with Gasteiger partial charge in [0.1, 0.15) is 12.2 Å². The molecular weight excluding hydrogens is 330 g/mol. The summed E-state index contributed by atoms with van der Waals surface area (Å²) in [5.41, 5.74) is 2.09. The van der Waals surface area contributed by atoms with Gasteiger partial charge in [0.25, 0.3) is 0 Å². The molecule has 1 unspecified atom stereocenters. The number of aromatic nitrogens is 3. The summed E-state index contributed by atoms with van der Waals surface area (Å²) < 4.78 is 1.83. The lowest BCUT2D eigenvalue weighted by Gasteiger charge is -2.17. The summed E-state index contributed by atoms with van der Waals surface area (Å²) in [6.07, 6.45) is 2.50. The molecule has 26 heavy (non-hydrogen) atoms. The molecule has 2 amide bonds. The molecule has 1 fully saturated rings. The van der Waals surface area contributed by atoms with Crippen molar-refractivity contribution in [1.29, 1.82) is 0 Å². The van der Waals surface area contributed by atoms with Gasteiger partial charge in [0.2, 0.25) is 11.8 Å². The standard InChI is InChI=1S/C19H25N5O2/c1-13(2)14-4-6-16(7-5-14)24-11-15(10-18(24)25)19(26)20-9-8-17-22-21-12-23(17)3/h4-7,12-13,15H,8-11H2,1-3H3,(H,20,26). The van der Waals surface area contributed by atoms with Crippen LogP contribution in [-0.4, -0.2) is 39.7 Å². The molecule has 2 aromatic rings. The summed E-state index contributed by atoms with van der Waals surface area (Å²) in [5.74, 6) is 0.870. The van der Waals surface area contributed by atoms with Crippen LogP contribution in [0.5, 0.6) is 0 Å². The van der Waals surface area contributed by atoms with Crippen molar-refractivity contribution in [3.63, 3.8) is 0 Å². The van der Waals surface area contributed by atoms with E-state index < -0.39 is 0 Å². The van der Waals surface area contributed by atoms with Gasteiger partial charge in [0.05, 0.1) is 5.92 Å². The monoisotopic (exact) mass is 355 g/mol. The number of amides is 2. The van der Waals surface area contributed by atoms with Crippen molar-refractivity contribution >= 4 is 17.5 Å². The second-order valence-electron chi connectivity index (χ2n) is 7.05. The van der Waals surface area contributed by atoms with Crippen LogP contribution in [0.25, 0.3) is 0 Å². The number of anilines is 1. The topological polar surface area (TPSA) is 80.1 Å². The number of hydrogen-bond acceptors (Lipinski definition) is 4. The van der Waals surface area contributed by atoms with Gasteiger partial charge < -0.3 is 14.8 Å². The molecule has 0 bridgehead atoms. The minimum atomic E-state index is -0.313. The maximum absolute atomic E-state index is 12.4. The molecule has 1 aromatic heterocycles. The van der Waals surface area contributed by atoms with Crippen molar-refractivity contribution in [2.75, 3.05) is 18.0 Å².